The smallest absolute Gasteiger partial charge is 0.0540 e. The quantitative estimate of drug-likeness (QED) is 0.866. The highest BCUT2D eigenvalue weighted by atomic mass is 16.3. The molecule has 1 aliphatic heterocycles. The van der Waals surface area contributed by atoms with E-state index in [0.717, 1.165) is 26.1 Å². The molecule has 2 N–H and O–H groups in total. The average Bonchev–Trinajstić information content (AvgIpc) is 2.47. The fourth-order valence-corrected chi connectivity index (χ4v) is 3.35. The van der Waals surface area contributed by atoms with E-state index in [1.807, 2.05) is 13.0 Å². The summed E-state index contributed by atoms with van der Waals surface area (Å²) in [6, 6.07) is 10.5. The van der Waals surface area contributed by atoms with Crippen LogP contribution in [0.2, 0.25) is 0 Å². The lowest BCUT2D eigenvalue weighted by Crippen LogP contribution is -2.45. The summed E-state index contributed by atoms with van der Waals surface area (Å²) >= 11 is 0. The third-order valence-corrected chi connectivity index (χ3v) is 4.80. The Morgan fingerprint density at radius 3 is 2.55 bits per heavy atom. The molecule has 0 saturated carbocycles. The van der Waals surface area contributed by atoms with Gasteiger partial charge in [0.2, 0.25) is 0 Å². The van der Waals surface area contributed by atoms with Gasteiger partial charge in [0, 0.05) is 19.7 Å². The molecule has 4 atom stereocenters. The third-order valence-electron chi connectivity index (χ3n) is 4.80. The molecule has 0 bridgehead atoms. The number of likely N-dealkylation sites (tertiary alicyclic amines) is 1. The number of nitrogens with zero attached hydrogens (tertiary/aromatic N) is 1. The Bertz CT molecular complexity index is 393. The van der Waals surface area contributed by atoms with Crippen LogP contribution in [0.1, 0.15) is 25.8 Å². The van der Waals surface area contributed by atoms with E-state index in [9.17, 15) is 10.2 Å². The molecular weight excluding hydrogens is 250 g/mol. The maximum Gasteiger partial charge on any atom is 0.0540 e. The molecule has 1 aromatic rings. The summed E-state index contributed by atoms with van der Waals surface area (Å²) in [7, 11) is 0. The number of piperidine rings is 1. The first-order valence-electron chi connectivity index (χ1n) is 7.67. The molecule has 112 valence electrons. The van der Waals surface area contributed by atoms with Gasteiger partial charge < -0.3 is 10.2 Å². The molecule has 2 rings (SSSR count). The molecule has 0 spiro atoms. The van der Waals surface area contributed by atoms with Crippen LogP contribution in [0.5, 0.6) is 0 Å². The van der Waals surface area contributed by atoms with Gasteiger partial charge in [0.05, 0.1) is 6.10 Å². The largest absolute Gasteiger partial charge is 0.396 e. The SMILES string of the molecule is C[C@@H]([C@@H]1CCN(Cc2ccccc2)C[C@H]1CO)[C@@H](C)O. The van der Waals surface area contributed by atoms with Crippen molar-refractivity contribution in [2.24, 2.45) is 17.8 Å². The fourth-order valence-electron chi connectivity index (χ4n) is 3.35. The van der Waals surface area contributed by atoms with Crippen molar-refractivity contribution in [2.45, 2.75) is 32.9 Å². The molecule has 0 unspecified atom stereocenters. The molecule has 0 aliphatic carbocycles. The highest BCUT2D eigenvalue weighted by Gasteiger charge is 2.33. The van der Waals surface area contributed by atoms with Crippen LogP contribution >= 0.6 is 0 Å². The van der Waals surface area contributed by atoms with Gasteiger partial charge in [0.15, 0.2) is 0 Å². The average molecular weight is 277 g/mol. The van der Waals surface area contributed by atoms with Crippen LogP contribution in [0, 0.1) is 17.8 Å². The zero-order chi connectivity index (χ0) is 14.5. The Labute approximate surface area is 122 Å². The number of hydrogen-bond donors (Lipinski definition) is 2. The van der Waals surface area contributed by atoms with Crippen LogP contribution in [0.25, 0.3) is 0 Å². The van der Waals surface area contributed by atoms with Gasteiger partial charge in [0.1, 0.15) is 0 Å². The molecule has 0 amide bonds. The monoisotopic (exact) mass is 277 g/mol. The van der Waals surface area contributed by atoms with Gasteiger partial charge in [-0.25, -0.2) is 0 Å². The minimum atomic E-state index is -0.297. The van der Waals surface area contributed by atoms with E-state index in [2.05, 4.69) is 36.1 Å². The van der Waals surface area contributed by atoms with Crippen molar-refractivity contribution in [1.82, 2.24) is 4.90 Å². The Kier molecular flexibility index (Phi) is 5.58. The maximum atomic E-state index is 9.79. The van der Waals surface area contributed by atoms with Crippen molar-refractivity contribution < 1.29 is 10.2 Å². The topological polar surface area (TPSA) is 43.7 Å². The van der Waals surface area contributed by atoms with Crippen LogP contribution < -0.4 is 0 Å². The number of rotatable bonds is 5. The lowest BCUT2D eigenvalue weighted by molar-refractivity contribution is 0.00373. The standard InChI is InChI=1S/C17H27NO2/c1-13(14(2)20)17-8-9-18(11-16(17)12-19)10-15-6-4-3-5-7-15/h3-7,13-14,16-17,19-20H,8-12H2,1-2H3/t13-,14-,16+,17+/m1/s1. The van der Waals surface area contributed by atoms with Gasteiger partial charge >= 0.3 is 0 Å². The van der Waals surface area contributed by atoms with Gasteiger partial charge in [-0.1, -0.05) is 37.3 Å². The van der Waals surface area contributed by atoms with Gasteiger partial charge in [-0.05, 0) is 43.2 Å². The van der Waals surface area contributed by atoms with E-state index >= 15 is 0 Å². The summed E-state index contributed by atoms with van der Waals surface area (Å²) in [4.78, 5) is 2.42. The zero-order valence-corrected chi connectivity index (χ0v) is 12.6. The molecule has 1 fully saturated rings. The predicted octanol–water partition coefficient (Wildman–Crippen LogP) is 2.13. The van der Waals surface area contributed by atoms with Gasteiger partial charge in [-0.3, -0.25) is 4.90 Å². The van der Waals surface area contributed by atoms with E-state index in [1.54, 1.807) is 0 Å². The van der Waals surface area contributed by atoms with E-state index in [1.165, 1.54) is 5.56 Å². The van der Waals surface area contributed by atoms with Crippen molar-refractivity contribution in [3.63, 3.8) is 0 Å². The summed E-state index contributed by atoms with van der Waals surface area (Å²) in [5.74, 6) is 0.954. The third kappa shape index (κ3) is 3.81. The number of aliphatic hydroxyl groups is 2. The zero-order valence-electron chi connectivity index (χ0n) is 12.6. The van der Waals surface area contributed by atoms with Gasteiger partial charge in [-0.15, -0.1) is 0 Å². The first-order valence-corrected chi connectivity index (χ1v) is 7.67. The molecule has 20 heavy (non-hydrogen) atoms. The van der Waals surface area contributed by atoms with E-state index in [0.29, 0.717) is 5.92 Å². The van der Waals surface area contributed by atoms with E-state index in [-0.39, 0.29) is 24.5 Å². The van der Waals surface area contributed by atoms with Crippen LogP contribution in [0.15, 0.2) is 30.3 Å². The normalized spacial score (nSPS) is 27.2. The molecule has 3 nitrogen and oxygen atoms in total. The summed E-state index contributed by atoms with van der Waals surface area (Å²) in [5.41, 5.74) is 1.33. The van der Waals surface area contributed by atoms with Crippen molar-refractivity contribution in [2.75, 3.05) is 19.7 Å². The van der Waals surface area contributed by atoms with Gasteiger partial charge in [0.25, 0.3) is 0 Å². The highest BCUT2D eigenvalue weighted by Crippen LogP contribution is 2.32. The molecule has 0 aromatic heterocycles. The first-order chi connectivity index (χ1) is 9.61. The molecule has 1 aromatic carbocycles. The minimum absolute atomic E-state index is 0.215. The predicted molar refractivity (Wildman–Crippen MR) is 81.2 cm³/mol. The molecule has 1 heterocycles. The van der Waals surface area contributed by atoms with Crippen molar-refractivity contribution in [3.8, 4) is 0 Å². The van der Waals surface area contributed by atoms with Crippen LogP contribution in [0.3, 0.4) is 0 Å². The second kappa shape index (κ2) is 7.21. The maximum absolute atomic E-state index is 9.79. The second-order valence-corrected chi connectivity index (χ2v) is 6.22. The number of aliphatic hydroxyl groups excluding tert-OH is 2. The minimum Gasteiger partial charge on any atom is -0.396 e. The first kappa shape index (κ1) is 15.5. The van der Waals surface area contributed by atoms with Crippen molar-refractivity contribution in [1.29, 1.82) is 0 Å². The summed E-state index contributed by atoms with van der Waals surface area (Å²) in [6.07, 6.45) is 0.763. The lowest BCUT2D eigenvalue weighted by atomic mass is 9.75. The summed E-state index contributed by atoms with van der Waals surface area (Å²) < 4.78 is 0. The Morgan fingerprint density at radius 2 is 1.95 bits per heavy atom. The Morgan fingerprint density at radius 1 is 1.25 bits per heavy atom. The van der Waals surface area contributed by atoms with Crippen LogP contribution in [0.4, 0.5) is 0 Å². The number of hydrogen-bond acceptors (Lipinski definition) is 3. The van der Waals surface area contributed by atoms with E-state index < -0.39 is 0 Å². The van der Waals surface area contributed by atoms with Gasteiger partial charge in [-0.2, -0.15) is 0 Å². The molecule has 1 aliphatic rings. The van der Waals surface area contributed by atoms with Crippen molar-refractivity contribution in [3.05, 3.63) is 35.9 Å². The van der Waals surface area contributed by atoms with Crippen molar-refractivity contribution >= 4 is 0 Å². The Balaban J connectivity index is 1.95. The van der Waals surface area contributed by atoms with E-state index in [4.69, 9.17) is 0 Å². The lowest BCUT2D eigenvalue weighted by Gasteiger charge is -2.41. The molecule has 1 saturated heterocycles. The second-order valence-electron chi connectivity index (χ2n) is 6.22. The fraction of sp³-hybridized carbons (Fsp3) is 0.647. The summed E-state index contributed by atoms with van der Waals surface area (Å²) in [5, 5.41) is 19.5. The molecular formula is C17H27NO2. The summed E-state index contributed by atoms with van der Waals surface area (Å²) in [6.45, 7) is 7.10. The Hall–Kier alpha value is -0.900. The molecule has 0 radical (unpaired) electrons. The molecule has 3 heteroatoms. The van der Waals surface area contributed by atoms with Crippen LogP contribution in [-0.4, -0.2) is 40.9 Å². The highest BCUT2D eigenvalue weighted by molar-refractivity contribution is 5.14. The number of benzene rings is 1. The van der Waals surface area contributed by atoms with Crippen LogP contribution in [-0.2, 0) is 6.54 Å².